The predicted molar refractivity (Wildman–Crippen MR) is 77.5 cm³/mol. The summed E-state index contributed by atoms with van der Waals surface area (Å²) in [7, 11) is 6.06. The first-order valence-electron chi connectivity index (χ1n) is 6.30. The third-order valence-corrected chi connectivity index (χ3v) is 3.29. The van der Waals surface area contributed by atoms with Gasteiger partial charge in [0.05, 0.1) is 5.69 Å². The molecule has 0 aliphatic carbocycles. The SMILES string of the molecule is Cc1cc(-c2n[nH]c(=S)n2CCCN(C)C)n(C)n1. The molecule has 2 heterocycles. The molecule has 104 valence electrons. The van der Waals surface area contributed by atoms with E-state index in [1.165, 1.54) is 0 Å². The Hall–Kier alpha value is -1.47. The van der Waals surface area contributed by atoms with E-state index in [0.717, 1.165) is 36.7 Å². The molecule has 19 heavy (non-hydrogen) atoms. The molecule has 2 rings (SSSR count). The number of aromatic amines is 1. The largest absolute Gasteiger partial charge is 0.309 e. The number of nitrogens with zero attached hydrogens (tertiary/aromatic N) is 5. The van der Waals surface area contributed by atoms with E-state index in [0.29, 0.717) is 4.77 Å². The Bertz CT molecular complexity index is 606. The number of aromatic nitrogens is 5. The fourth-order valence-electron chi connectivity index (χ4n) is 2.09. The molecule has 0 saturated heterocycles. The molecule has 2 aromatic heterocycles. The van der Waals surface area contributed by atoms with Gasteiger partial charge in [0.25, 0.3) is 0 Å². The van der Waals surface area contributed by atoms with E-state index in [4.69, 9.17) is 12.2 Å². The number of H-pyrrole nitrogens is 1. The molecule has 0 aromatic carbocycles. The summed E-state index contributed by atoms with van der Waals surface area (Å²) >= 11 is 5.30. The summed E-state index contributed by atoms with van der Waals surface area (Å²) in [5.41, 5.74) is 1.96. The van der Waals surface area contributed by atoms with Gasteiger partial charge in [0.2, 0.25) is 0 Å². The van der Waals surface area contributed by atoms with Crippen LogP contribution in [0.1, 0.15) is 12.1 Å². The molecule has 0 radical (unpaired) electrons. The molecule has 6 nitrogen and oxygen atoms in total. The Balaban J connectivity index is 2.27. The smallest absolute Gasteiger partial charge is 0.195 e. The molecule has 0 amide bonds. The Morgan fingerprint density at radius 1 is 1.42 bits per heavy atom. The third-order valence-electron chi connectivity index (χ3n) is 2.98. The minimum Gasteiger partial charge on any atom is -0.309 e. The molecule has 1 N–H and O–H groups in total. The maximum absolute atomic E-state index is 5.30. The Morgan fingerprint density at radius 3 is 2.74 bits per heavy atom. The van der Waals surface area contributed by atoms with Crippen LogP contribution in [0.2, 0.25) is 0 Å². The summed E-state index contributed by atoms with van der Waals surface area (Å²) in [4.78, 5) is 2.16. The third kappa shape index (κ3) is 3.10. The molecule has 0 aliphatic rings. The zero-order valence-electron chi connectivity index (χ0n) is 11.8. The van der Waals surface area contributed by atoms with Crippen LogP contribution >= 0.6 is 12.2 Å². The fourth-order valence-corrected chi connectivity index (χ4v) is 2.31. The van der Waals surface area contributed by atoms with Crippen LogP contribution in [0.3, 0.4) is 0 Å². The van der Waals surface area contributed by atoms with E-state index >= 15 is 0 Å². The number of aryl methyl sites for hydroxylation is 2. The van der Waals surface area contributed by atoms with Crippen LogP contribution < -0.4 is 0 Å². The second-order valence-electron chi connectivity index (χ2n) is 4.96. The topological polar surface area (TPSA) is 54.7 Å². The van der Waals surface area contributed by atoms with E-state index < -0.39 is 0 Å². The minimum absolute atomic E-state index is 0.660. The van der Waals surface area contributed by atoms with Crippen molar-refractivity contribution in [2.75, 3.05) is 20.6 Å². The monoisotopic (exact) mass is 280 g/mol. The van der Waals surface area contributed by atoms with Gasteiger partial charge in [-0.1, -0.05) is 0 Å². The number of nitrogens with one attached hydrogen (secondary N) is 1. The van der Waals surface area contributed by atoms with Crippen LogP contribution in [-0.4, -0.2) is 50.1 Å². The first-order valence-corrected chi connectivity index (χ1v) is 6.71. The van der Waals surface area contributed by atoms with Gasteiger partial charge in [0.15, 0.2) is 10.6 Å². The second kappa shape index (κ2) is 5.66. The molecule has 0 atom stereocenters. The molecule has 0 fully saturated rings. The van der Waals surface area contributed by atoms with Crippen molar-refractivity contribution in [3.05, 3.63) is 16.5 Å². The normalized spacial score (nSPS) is 11.4. The van der Waals surface area contributed by atoms with Crippen LogP contribution in [0.15, 0.2) is 6.07 Å². The average Bonchev–Trinajstić information content (AvgIpc) is 2.83. The lowest BCUT2D eigenvalue weighted by molar-refractivity contribution is 0.386. The van der Waals surface area contributed by atoms with Crippen molar-refractivity contribution in [1.82, 2.24) is 29.4 Å². The molecular weight excluding hydrogens is 260 g/mol. The van der Waals surface area contributed by atoms with Gasteiger partial charge < -0.3 is 4.90 Å². The van der Waals surface area contributed by atoms with Gasteiger partial charge in [-0.15, -0.1) is 0 Å². The molecule has 7 heteroatoms. The highest BCUT2D eigenvalue weighted by Gasteiger charge is 2.13. The minimum atomic E-state index is 0.660. The van der Waals surface area contributed by atoms with E-state index in [9.17, 15) is 0 Å². The highest BCUT2D eigenvalue weighted by Crippen LogP contribution is 2.18. The second-order valence-corrected chi connectivity index (χ2v) is 5.34. The van der Waals surface area contributed by atoms with Crippen LogP contribution in [0.5, 0.6) is 0 Å². The molecule has 0 aliphatic heterocycles. The molecule has 0 unspecified atom stereocenters. The van der Waals surface area contributed by atoms with Crippen molar-refractivity contribution in [3.63, 3.8) is 0 Å². The van der Waals surface area contributed by atoms with E-state index in [2.05, 4.69) is 34.3 Å². The van der Waals surface area contributed by atoms with Crippen molar-refractivity contribution in [2.24, 2.45) is 7.05 Å². The molecule has 0 bridgehead atoms. The molecule has 2 aromatic rings. The van der Waals surface area contributed by atoms with Crippen molar-refractivity contribution in [3.8, 4) is 11.5 Å². The maximum atomic E-state index is 5.30. The fraction of sp³-hybridized carbons (Fsp3) is 0.583. The van der Waals surface area contributed by atoms with Crippen molar-refractivity contribution in [2.45, 2.75) is 19.9 Å². The lowest BCUT2D eigenvalue weighted by atomic mass is 10.3. The summed E-state index contributed by atoms with van der Waals surface area (Å²) in [6, 6.07) is 2.02. The first kappa shape index (κ1) is 14.0. The highest BCUT2D eigenvalue weighted by molar-refractivity contribution is 7.71. The number of hydrogen-bond acceptors (Lipinski definition) is 4. The van der Waals surface area contributed by atoms with Gasteiger partial charge in [-0.25, -0.2) is 0 Å². The summed E-state index contributed by atoms with van der Waals surface area (Å²) in [5.74, 6) is 0.854. The maximum Gasteiger partial charge on any atom is 0.195 e. The first-order chi connectivity index (χ1) is 8.99. The van der Waals surface area contributed by atoms with Gasteiger partial charge in [0.1, 0.15) is 5.69 Å². The average molecular weight is 280 g/mol. The van der Waals surface area contributed by atoms with E-state index in [1.807, 2.05) is 29.3 Å². The zero-order chi connectivity index (χ0) is 14.0. The van der Waals surface area contributed by atoms with Gasteiger partial charge in [-0.2, -0.15) is 10.2 Å². The van der Waals surface area contributed by atoms with Crippen molar-refractivity contribution >= 4 is 12.2 Å². The Kier molecular flexibility index (Phi) is 4.16. The van der Waals surface area contributed by atoms with Gasteiger partial charge >= 0.3 is 0 Å². The van der Waals surface area contributed by atoms with Crippen molar-refractivity contribution in [1.29, 1.82) is 0 Å². The van der Waals surface area contributed by atoms with Crippen molar-refractivity contribution < 1.29 is 0 Å². The quantitative estimate of drug-likeness (QED) is 0.845. The van der Waals surface area contributed by atoms with Gasteiger partial charge in [0, 0.05) is 13.6 Å². The van der Waals surface area contributed by atoms with E-state index in [1.54, 1.807) is 0 Å². The number of hydrogen-bond donors (Lipinski definition) is 1. The molecular formula is C12H20N6S. The molecule has 0 spiro atoms. The van der Waals surface area contributed by atoms with Gasteiger partial charge in [-0.05, 0) is 52.3 Å². The predicted octanol–water partition coefficient (Wildman–Crippen LogP) is 1.60. The lowest BCUT2D eigenvalue weighted by Gasteiger charge is -2.10. The Morgan fingerprint density at radius 2 is 2.16 bits per heavy atom. The Labute approximate surface area is 118 Å². The summed E-state index contributed by atoms with van der Waals surface area (Å²) in [6.07, 6.45) is 1.03. The van der Waals surface area contributed by atoms with Crippen LogP contribution in [0, 0.1) is 11.7 Å². The standard InChI is InChI=1S/C12H20N6S/c1-9-8-10(17(4)15-9)11-13-14-12(19)18(11)7-5-6-16(2)3/h8H,5-7H2,1-4H3,(H,14,19). The highest BCUT2D eigenvalue weighted by atomic mass is 32.1. The van der Waals surface area contributed by atoms with Crippen LogP contribution in [0.25, 0.3) is 11.5 Å². The van der Waals surface area contributed by atoms with Gasteiger partial charge in [-0.3, -0.25) is 14.3 Å². The van der Waals surface area contributed by atoms with Crippen LogP contribution in [0.4, 0.5) is 0 Å². The summed E-state index contributed by atoms with van der Waals surface area (Å²) in [5, 5.41) is 11.6. The summed E-state index contributed by atoms with van der Waals surface area (Å²) < 4.78 is 4.53. The van der Waals surface area contributed by atoms with E-state index in [-0.39, 0.29) is 0 Å². The lowest BCUT2D eigenvalue weighted by Crippen LogP contribution is -2.15. The zero-order valence-corrected chi connectivity index (χ0v) is 12.7. The summed E-state index contributed by atoms with van der Waals surface area (Å²) in [6.45, 7) is 3.85. The van der Waals surface area contributed by atoms with Crippen LogP contribution in [-0.2, 0) is 13.6 Å². The number of rotatable bonds is 5. The molecule has 0 saturated carbocycles.